The molecule has 0 aliphatic carbocycles. The number of fused-ring (bicyclic) bond motifs is 1. The second kappa shape index (κ2) is 11.3. The highest BCUT2D eigenvalue weighted by atomic mass is 127. The molecule has 2 atom stereocenters. The van der Waals surface area contributed by atoms with Crippen molar-refractivity contribution in [3.8, 4) is 17.2 Å². The van der Waals surface area contributed by atoms with Crippen molar-refractivity contribution in [3.63, 3.8) is 0 Å². The minimum atomic E-state index is -2.93. The van der Waals surface area contributed by atoms with Gasteiger partial charge in [-0.1, -0.05) is 20.8 Å². The smallest absolute Gasteiger partial charge is 0.387 e. The highest BCUT2D eigenvalue weighted by Gasteiger charge is 2.35. The molecular weight excluding hydrogens is 523 g/mol. The van der Waals surface area contributed by atoms with Crippen molar-refractivity contribution < 1.29 is 27.7 Å². The number of hydrogen-bond donors (Lipinski definition) is 2. The predicted molar refractivity (Wildman–Crippen MR) is 125 cm³/mol. The highest BCUT2D eigenvalue weighted by molar-refractivity contribution is 14.0. The first kappa shape index (κ1) is 25.7. The maximum atomic E-state index is 12.8. The first-order chi connectivity index (χ1) is 14.3. The van der Waals surface area contributed by atoms with E-state index < -0.39 is 6.61 Å². The van der Waals surface area contributed by atoms with E-state index in [4.69, 9.17) is 14.2 Å². The van der Waals surface area contributed by atoms with Gasteiger partial charge in [-0.3, -0.25) is 4.99 Å². The summed E-state index contributed by atoms with van der Waals surface area (Å²) in [4.78, 5) is 4.25. The normalized spacial score (nSPS) is 20.9. The number of hydrogen-bond acceptors (Lipinski definition) is 5. The van der Waals surface area contributed by atoms with Crippen LogP contribution in [-0.4, -0.2) is 45.7 Å². The van der Waals surface area contributed by atoms with Gasteiger partial charge in [-0.25, -0.2) is 0 Å². The van der Waals surface area contributed by atoms with Crippen molar-refractivity contribution in [2.75, 3.05) is 27.0 Å². The average molecular weight is 555 g/mol. The average Bonchev–Trinajstić information content (AvgIpc) is 3.14. The van der Waals surface area contributed by atoms with Crippen molar-refractivity contribution in [2.24, 2.45) is 16.3 Å². The zero-order chi connectivity index (χ0) is 21.7. The summed E-state index contributed by atoms with van der Waals surface area (Å²) >= 11 is 0. The molecule has 0 amide bonds. The van der Waals surface area contributed by atoms with Crippen LogP contribution >= 0.6 is 24.0 Å². The summed E-state index contributed by atoms with van der Waals surface area (Å²) < 4.78 is 46.9. The van der Waals surface area contributed by atoms with Crippen molar-refractivity contribution >= 4 is 29.9 Å². The molecule has 0 aromatic heterocycles. The molecule has 0 saturated carbocycles. The van der Waals surface area contributed by atoms with E-state index in [9.17, 15) is 8.78 Å². The topological polar surface area (TPSA) is 73.3 Å². The molecule has 2 heterocycles. The molecule has 1 aromatic rings. The molecule has 1 aromatic carbocycles. The van der Waals surface area contributed by atoms with Crippen LogP contribution in [0.2, 0.25) is 0 Å². The van der Waals surface area contributed by atoms with Gasteiger partial charge in [-0.15, -0.1) is 24.0 Å². The summed E-state index contributed by atoms with van der Waals surface area (Å²) in [5.41, 5.74) is 0.577. The Morgan fingerprint density at radius 2 is 1.94 bits per heavy atom. The summed E-state index contributed by atoms with van der Waals surface area (Å²) in [6, 6.07) is 3.07. The number of rotatable bonds is 6. The number of nitrogens with zero attached hydrogens (tertiary/aromatic N) is 1. The van der Waals surface area contributed by atoms with Crippen LogP contribution in [0.1, 0.15) is 39.2 Å². The van der Waals surface area contributed by atoms with E-state index in [-0.39, 0.29) is 54.6 Å². The molecule has 31 heavy (non-hydrogen) atoms. The molecular formula is C21H32F2IN3O4. The molecule has 1 saturated heterocycles. The van der Waals surface area contributed by atoms with E-state index in [1.54, 1.807) is 13.1 Å². The van der Waals surface area contributed by atoms with Crippen LogP contribution in [0.25, 0.3) is 0 Å². The molecule has 0 radical (unpaired) electrons. The lowest BCUT2D eigenvalue weighted by atomic mass is 9.78. The highest BCUT2D eigenvalue weighted by Crippen LogP contribution is 2.38. The molecule has 1 fully saturated rings. The number of halogens is 3. The molecule has 0 bridgehead atoms. The summed E-state index contributed by atoms with van der Waals surface area (Å²) in [5, 5.41) is 6.50. The van der Waals surface area contributed by atoms with E-state index in [1.165, 1.54) is 6.07 Å². The largest absolute Gasteiger partial charge is 0.454 e. The van der Waals surface area contributed by atoms with Gasteiger partial charge in [0.25, 0.3) is 0 Å². The van der Waals surface area contributed by atoms with E-state index >= 15 is 0 Å². The Morgan fingerprint density at radius 1 is 1.23 bits per heavy atom. The third-order valence-electron chi connectivity index (χ3n) is 5.27. The van der Waals surface area contributed by atoms with Crippen LogP contribution in [0.15, 0.2) is 17.1 Å². The fraction of sp³-hybridized carbons (Fsp3) is 0.667. The van der Waals surface area contributed by atoms with Crippen LogP contribution in [0, 0.1) is 11.3 Å². The minimum absolute atomic E-state index is 0. The second-order valence-corrected chi connectivity index (χ2v) is 8.56. The van der Waals surface area contributed by atoms with Crippen LogP contribution in [0.4, 0.5) is 8.78 Å². The van der Waals surface area contributed by atoms with Gasteiger partial charge < -0.3 is 29.6 Å². The monoisotopic (exact) mass is 555 g/mol. The Bertz CT molecular complexity index is 759. The summed E-state index contributed by atoms with van der Waals surface area (Å²) in [6.45, 7) is 5.44. The lowest BCUT2D eigenvalue weighted by molar-refractivity contribution is -0.0835. The molecule has 2 unspecified atom stereocenters. The lowest BCUT2D eigenvalue weighted by Crippen LogP contribution is -2.47. The predicted octanol–water partition coefficient (Wildman–Crippen LogP) is 4.14. The Morgan fingerprint density at radius 3 is 2.58 bits per heavy atom. The number of nitrogens with one attached hydrogen (secondary N) is 2. The SMILES string of the molecule is CN=C(NCc1cc2c(cc1OC(F)F)OCO2)NCC1CCCOC1C(C)(C)C.I. The third kappa shape index (κ3) is 6.96. The number of alkyl halides is 2. The van der Waals surface area contributed by atoms with Crippen LogP contribution in [0.5, 0.6) is 17.2 Å². The van der Waals surface area contributed by atoms with Gasteiger partial charge in [0.1, 0.15) is 5.75 Å². The summed E-state index contributed by atoms with van der Waals surface area (Å²) in [6.07, 6.45) is 2.29. The van der Waals surface area contributed by atoms with Gasteiger partial charge in [-0.2, -0.15) is 8.78 Å². The summed E-state index contributed by atoms with van der Waals surface area (Å²) in [5.74, 6) is 1.88. The third-order valence-corrected chi connectivity index (χ3v) is 5.27. The van der Waals surface area contributed by atoms with Crippen molar-refractivity contribution in [3.05, 3.63) is 17.7 Å². The van der Waals surface area contributed by atoms with Gasteiger partial charge in [0.2, 0.25) is 6.79 Å². The van der Waals surface area contributed by atoms with Gasteiger partial charge >= 0.3 is 6.61 Å². The number of aliphatic imine (C=N–C) groups is 1. The molecule has 7 nitrogen and oxygen atoms in total. The van der Waals surface area contributed by atoms with Gasteiger partial charge in [0.05, 0.1) is 6.10 Å². The number of ether oxygens (including phenoxy) is 4. The molecule has 176 valence electrons. The fourth-order valence-electron chi connectivity index (χ4n) is 3.95. The van der Waals surface area contributed by atoms with Crippen molar-refractivity contribution in [1.29, 1.82) is 0 Å². The van der Waals surface area contributed by atoms with Crippen LogP contribution in [-0.2, 0) is 11.3 Å². The van der Waals surface area contributed by atoms with Gasteiger partial charge in [0.15, 0.2) is 17.5 Å². The summed E-state index contributed by atoms with van der Waals surface area (Å²) in [7, 11) is 1.67. The van der Waals surface area contributed by atoms with Crippen LogP contribution < -0.4 is 24.8 Å². The molecule has 3 rings (SSSR count). The Balaban J connectivity index is 0.00000341. The maximum absolute atomic E-state index is 12.8. The standard InChI is InChI=1S/C21H31F2N3O4.HI/c1-21(2,3)18-13(6-5-7-27-18)10-25-20(24-4)26-11-14-8-16-17(29-12-28-16)9-15(14)30-19(22)23;/h8-9,13,18-19H,5-7,10-12H2,1-4H3,(H2,24,25,26);1H. The minimum Gasteiger partial charge on any atom is -0.454 e. The first-order valence-electron chi connectivity index (χ1n) is 10.2. The van der Waals surface area contributed by atoms with E-state index in [2.05, 4.69) is 41.1 Å². The first-order valence-corrected chi connectivity index (χ1v) is 10.2. The number of guanidine groups is 1. The van der Waals surface area contributed by atoms with E-state index in [0.29, 0.717) is 35.5 Å². The fourth-order valence-corrected chi connectivity index (χ4v) is 3.95. The second-order valence-electron chi connectivity index (χ2n) is 8.56. The quantitative estimate of drug-likeness (QED) is 0.313. The van der Waals surface area contributed by atoms with Crippen molar-refractivity contribution in [1.82, 2.24) is 10.6 Å². The zero-order valence-corrected chi connectivity index (χ0v) is 20.7. The van der Waals surface area contributed by atoms with Gasteiger partial charge in [-0.05, 0) is 24.3 Å². The Hall–Kier alpha value is -1.56. The zero-order valence-electron chi connectivity index (χ0n) is 18.4. The van der Waals surface area contributed by atoms with E-state index in [1.807, 2.05) is 0 Å². The van der Waals surface area contributed by atoms with Crippen molar-refractivity contribution in [2.45, 2.75) is 52.9 Å². The lowest BCUT2D eigenvalue weighted by Gasteiger charge is -2.40. The molecule has 10 heteroatoms. The molecule has 2 N–H and O–H groups in total. The molecule has 0 spiro atoms. The molecule has 2 aliphatic rings. The Labute approximate surface area is 199 Å². The maximum Gasteiger partial charge on any atom is 0.387 e. The number of benzene rings is 1. The van der Waals surface area contributed by atoms with E-state index in [0.717, 1.165) is 19.4 Å². The van der Waals surface area contributed by atoms with Gasteiger partial charge in [0, 0.05) is 44.3 Å². The molecule has 2 aliphatic heterocycles. The Kier molecular flexibility index (Phi) is 9.41. The van der Waals surface area contributed by atoms with Crippen LogP contribution in [0.3, 0.4) is 0 Å².